The van der Waals surface area contributed by atoms with Crippen LogP contribution >= 0.6 is 34.8 Å². The Hall–Kier alpha value is 0.0400. The molecule has 0 aliphatic heterocycles. The molecule has 3 nitrogen and oxygen atoms in total. The van der Waals surface area contributed by atoms with Crippen LogP contribution in [-0.4, -0.2) is 22.2 Å². The molecule has 2 atom stereocenters. The first-order valence-corrected chi connectivity index (χ1v) is 6.96. The Kier molecular flexibility index (Phi) is 9.05. The van der Waals surface area contributed by atoms with Crippen LogP contribution in [-0.2, 0) is 14.3 Å². The SMILES string of the molecule is C=CC(CCCCC)OC(OC(C)=O)C(Cl)(Cl)Cl. The molecule has 2 unspecified atom stereocenters. The van der Waals surface area contributed by atoms with Gasteiger partial charge in [0.25, 0.3) is 10.1 Å². The first-order chi connectivity index (χ1) is 8.31. The molecular formula is C12H19Cl3O3. The number of esters is 1. The van der Waals surface area contributed by atoms with Gasteiger partial charge in [0, 0.05) is 6.92 Å². The molecule has 0 saturated carbocycles. The maximum atomic E-state index is 10.9. The van der Waals surface area contributed by atoms with E-state index in [4.69, 9.17) is 44.3 Å². The largest absolute Gasteiger partial charge is 0.431 e. The average Bonchev–Trinajstić information content (AvgIpc) is 2.24. The smallest absolute Gasteiger partial charge is 0.305 e. The van der Waals surface area contributed by atoms with Crippen molar-refractivity contribution in [1.82, 2.24) is 0 Å². The van der Waals surface area contributed by atoms with E-state index in [1.54, 1.807) is 6.08 Å². The Labute approximate surface area is 123 Å². The Bertz CT molecular complexity index is 264. The van der Waals surface area contributed by atoms with Gasteiger partial charge in [0.2, 0.25) is 0 Å². The summed E-state index contributed by atoms with van der Waals surface area (Å²) in [5, 5.41) is 0. The standard InChI is InChI=1S/C12H19Cl3O3/c1-4-6-7-8-10(5-2)18-11(12(13,14)15)17-9(3)16/h5,10-11H,2,4,6-8H2,1,3H3. The van der Waals surface area contributed by atoms with E-state index in [-0.39, 0.29) is 6.10 Å². The summed E-state index contributed by atoms with van der Waals surface area (Å²) in [6, 6.07) is 0. The van der Waals surface area contributed by atoms with E-state index in [9.17, 15) is 4.79 Å². The van der Waals surface area contributed by atoms with Crippen LogP contribution < -0.4 is 0 Å². The molecule has 0 rings (SSSR count). The summed E-state index contributed by atoms with van der Waals surface area (Å²) >= 11 is 17.1. The van der Waals surface area contributed by atoms with Crippen LogP contribution in [0.1, 0.15) is 39.5 Å². The minimum absolute atomic E-state index is 0.309. The van der Waals surface area contributed by atoms with E-state index >= 15 is 0 Å². The van der Waals surface area contributed by atoms with Gasteiger partial charge in [0.15, 0.2) is 0 Å². The molecule has 0 radical (unpaired) electrons. The minimum atomic E-state index is -1.82. The lowest BCUT2D eigenvalue weighted by Crippen LogP contribution is -2.36. The zero-order chi connectivity index (χ0) is 14.2. The number of halogens is 3. The predicted molar refractivity (Wildman–Crippen MR) is 75.1 cm³/mol. The van der Waals surface area contributed by atoms with Crippen LogP contribution in [0, 0.1) is 0 Å². The van der Waals surface area contributed by atoms with Crippen molar-refractivity contribution < 1.29 is 14.3 Å². The van der Waals surface area contributed by atoms with Gasteiger partial charge in [-0.05, 0) is 6.42 Å². The lowest BCUT2D eigenvalue weighted by Gasteiger charge is -2.27. The highest BCUT2D eigenvalue weighted by Crippen LogP contribution is 2.34. The zero-order valence-corrected chi connectivity index (χ0v) is 12.9. The number of hydrogen-bond acceptors (Lipinski definition) is 3. The van der Waals surface area contributed by atoms with Gasteiger partial charge in [-0.15, -0.1) is 6.58 Å². The van der Waals surface area contributed by atoms with Gasteiger partial charge in [0.1, 0.15) is 0 Å². The molecule has 0 heterocycles. The molecule has 0 bridgehead atoms. The summed E-state index contributed by atoms with van der Waals surface area (Å²) in [5.41, 5.74) is 0. The number of hydrogen-bond donors (Lipinski definition) is 0. The fourth-order valence-electron chi connectivity index (χ4n) is 1.32. The van der Waals surface area contributed by atoms with Gasteiger partial charge >= 0.3 is 5.97 Å². The van der Waals surface area contributed by atoms with Crippen molar-refractivity contribution in [2.24, 2.45) is 0 Å². The molecule has 18 heavy (non-hydrogen) atoms. The summed E-state index contributed by atoms with van der Waals surface area (Å²) < 4.78 is 8.49. The fourth-order valence-corrected chi connectivity index (χ4v) is 1.61. The van der Waals surface area contributed by atoms with Crippen LogP contribution in [0.15, 0.2) is 12.7 Å². The van der Waals surface area contributed by atoms with Crippen molar-refractivity contribution in [1.29, 1.82) is 0 Å². The van der Waals surface area contributed by atoms with Gasteiger partial charge < -0.3 is 9.47 Å². The molecule has 0 aliphatic carbocycles. The third kappa shape index (κ3) is 8.20. The molecule has 0 aromatic rings. The second kappa shape index (κ2) is 9.03. The number of ether oxygens (including phenoxy) is 2. The van der Waals surface area contributed by atoms with E-state index in [0.717, 1.165) is 25.7 Å². The van der Waals surface area contributed by atoms with Crippen molar-refractivity contribution >= 4 is 40.8 Å². The molecule has 0 aromatic heterocycles. The minimum Gasteiger partial charge on any atom is -0.431 e. The average molecular weight is 318 g/mol. The molecule has 106 valence electrons. The summed E-state index contributed by atoms with van der Waals surface area (Å²) in [4.78, 5) is 10.9. The van der Waals surface area contributed by atoms with Gasteiger partial charge in [-0.25, -0.2) is 0 Å². The third-order valence-electron chi connectivity index (χ3n) is 2.19. The monoisotopic (exact) mass is 316 g/mol. The van der Waals surface area contributed by atoms with E-state index in [2.05, 4.69) is 13.5 Å². The van der Waals surface area contributed by atoms with Gasteiger partial charge in [0.05, 0.1) is 6.10 Å². The predicted octanol–water partition coefficient (Wildman–Crippen LogP) is 4.40. The molecule has 0 aliphatic rings. The first-order valence-electron chi connectivity index (χ1n) is 5.83. The summed E-state index contributed by atoms with van der Waals surface area (Å²) in [7, 11) is 0. The number of carbonyl (C=O) groups is 1. The lowest BCUT2D eigenvalue weighted by molar-refractivity contribution is -0.182. The summed E-state index contributed by atoms with van der Waals surface area (Å²) in [6.45, 7) is 6.99. The van der Waals surface area contributed by atoms with E-state index in [1.807, 2.05) is 0 Å². The maximum Gasteiger partial charge on any atom is 0.305 e. The Morgan fingerprint density at radius 3 is 2.39 bits per heavy atom. The summed E-state index contributed by atoms with van der Waals surface area (Å²) in [5.74, 6) is -0.567. The molecular weight excluding hydrogens is 298 g/mol. The maximum absolute atomic E-state index is 10.9. The molecule has 0 amide bonds. The molecule has 0 saturated heterocycles. The van der Waals surface area contributed by atoms with Crippen molar-refractivity contribution in [2.75, 3.05) is 0 Å². The Morgan fingerprint density at radius 1 is 1.39 bits per heavy atom. The lowest BCUT2D eigenvalue weighted by atomic mass is 10.1. The number of alkyl halides is 3. The second-order valence-corrected chi connectivity index (χ2v) is 6.26. The molecule has 0 N–H and O–H groups in total. The van der Waals surface area contributed by atoms with E-state index in [0.29, 0.717) is 0 Å². The van der Waals surface area contributed by atoms with E-state index in [1.165, 1.54) is 6.92 Å². The quantitative estimate of drug-likeness (QED) is 0.219. The summed E-state index contributed by atoms with van der Waals surface area (Å²) in [6.07, 6.45) is 3.97. The Morgan fingerprint density at radius 2 is 2.00 bits per heavy atom. The molecule has 0 aromatic carbocycles. The highest BCUT2D eigenvalue weighted by Gasteiger charge is 2.37. The number of rotatable bonds is 8. The van der Waals surface area contributed by atoms with Crippen LogP contribution in [0.2, 0.25) is 0 Å². The highest BCUT2D eigenvalue weighted by molar-refractivity contribution is 6.68. The van der Waals surface area contributed by atoms with Crippen LogP contribution in [0.3, 0.4) is 0 Å². The van der Waals surface area contributed by atoms with Crippen molar-refractivity contribution in [3.63, 3.8) is 0 Å². The van der Waals surface area contributed by atoms with Crippen molar-refractivity contribution in [3.05, 3.63) is 12.7 Å². The Balaban J connectivity index is 4.43. The molecule has 6 heteroatoms. The second-order valence-electron chi connectivity index (χ2n) is 3.89. The third-order valence-corrected chi connectivity index (χ3v) is 2.73. The van der Waals surface area contributed by atoms with E-state index < -0.39 is 16.1 Å². The fraction of sp³-hybridized carbons (Fsp3) is 0.750. The van der Waals surface area contributed by atoms with Crippen molar-refractivity contribution in [3.8, 4) is 0 Å². The first kappa shape index (κ1) is 18.0. The highest BCUT2D eigenvalue weighted by atomic mass is 35.6. The topological polar surface area (TPSA) is 35.5 Å². The van der Waals surface area contributed by atoms with Crippen LogP contribution in [0.25, 0.3) is 0 Å². The number of carbonyl (C=O) groups excluding carboxylic acids is 1. The van der Waals surface area contributed by atoms with Crippen LogP contribution in [0.5, 0.6) is 0 Å². The normalized spacial score (nSPS) is 14.9. The van der Waals surface area contributed by atoms with Gasteiger partial charge in [-0.1, -0.05) is 67.1 Å². The van der Waals surface area contributed by atoms with Crippen molar-refractivity contribution in [2.45, 2.75) is 55.7 Å². The van der Waals surface area contributed by atoms with Crippen LogP contribution in [0.4, 0.5) is 0 Å². The molecule has 0 spiro atoms. The van der Waals surface area contributed by atoms with Gasteiger partial charge in [-0.2, -0.15) is 0 Å². The molecule has 0 fully saturated rings. The zero-order valence-electron chi connectivity index (χ0n) is 10.6. The van der Waals surface area contributed by atoms with Gasteiger partial charge in [-0.3, -0.25) is 4.79 Å². The number of unbranched alkanes of at least 4 members (excludes halogenated alkanes) is 2.